The first-order valence-corrected chi connectivity index (χ1v) is 22.7. The van der Waals surface area contributed by atoms with Gasteiger partial charge in [-0.05, 0) is 71.7 Å². The van der Waals surface area contributed by atoms with Gasteiger partial charge >= 0.3 is 5.97 Å². The lowest BCUT2D eigenvalue weighted by Gasteiger charge is -2.47. The molecule has 19 nitrogen and oxygen atoms in total. The minimum atomic E-state index is -1.92. The van der Waals surface area contributed by atoms with Gasteiger partial charge in [-0.2, -0.15) is 0 Å². The molecular formula is C46H71FN8O11. The number of ether oxygens (including phenoxy) is 5. The normalized spacial score (nSPS) is 34.5. The van der Waals surface area contributed by atoms with Crippen LogP contribution in [0.4, 0.5) is 4.39 Å². The van der Waals surface area contributed by atoms with E-state index in [-0.39, 0.29) is 18.9 Å². The fourth-order valence-corrected chi connectivity index (χ4v) is 9.66. The number of oxime groups is 1. The van der Waals surface area contributed by atoms with Crippen molar-refractivity contribution in [2.75, 3.05) is 41.6 Å². The summed E-state index contributed by atoms with van der Waals surface area (Å²) in [4.78, 5) is 35.2. The van der Waals surface area contributed by atoms with Gasteiger partial charge in [0.15, 0.2) is 12.1 Å². The molecule has 2 aliphatic rings. The number of ketones is 1. The summed E-state index contributed by atoms with van der Waals surface area (Å²) in [5, 5.41) is 56.1. The number of benzene rings is 1. The summed E-state index contributed by atoms with van der Waals surface area (Å²) >= 11 is 0. The van der Waals surface area contributed by atoms with Crippen molar-refractivity contribution >= 4 is 17.5 Å². The molecule has 3 aromatic rings. The van der Waals surface area contributed by atoms with Crippen LogP contribution in [0.5, 0.6) is 0 Å². The predicted octanol–water partition coefficient (Wildman–Crippen LogP) is 3.84. The van der Waals surface area contributed by atoms with Crippen molar-refractivity contribution in [3.8, 4) is 5.69 Å². The number of aliphatic hydroxyl groups is 3. The smallest absolute Gasteiger partial charge is 0.316 e. The Morgan fingerprint density at radius 1 is 1.05 bits per heavy atom. The monoisotopic (exact) mass is 931 g/mol. The van der Waals surface area contributed by atoms with Crippen LogP contribution in [0.25, 0.3) is 5.69 Å². The van der Waals surface area contributed by atoms with Crippen molar-refractivity contribution in [3.63, 3.8) is 0 Å². The van der Waals surface area contributed by atoms with Crippen molar-refractivity contribution in [2.45, 2.75) is 147 Å². The van der Waals surface area contributed by atoms with E-state index < -0.39 is 102 Å². The van der Waals surface area contributed by atoms with E-state index in [1.54, 1.807) is 51.0 Å². The minimum Gasteiger partial charge on any atom is -0.459 e. The summed E-state index contributed by atoms with van der Waals surface area (Å²) in [6, 6.07) is 6.13. The average molecular weight is 931 g/mol. The third-order valence-corrected chi connectivity index (χ3v) is 13.7. The van der Waals surface area contributed by atoms with Crippen LogP contribution in [0, 0.1) is 23.7 Å². The SMILES string of the molecule is CC[C@H]1OC(=O)[C@H](C)C(=O)[C@H](C)[C@@H](O[C@@H]2O[C@H](C)C[C@H](N(C)CCc3cn([C@H](CF)[C@H](OC)c4ccc(-n5ccnn5)cc4)nn3)[C@H]2O)[C@](C)(OC)C[C@@H](C)/C(=N\OC)[C@H](C)[C@@H](O)[C@]1(C)O. The molecule has 2 saturated heterocycles. The van der Waals surface area contributed by atoms with Gasteiger partial charge in [-0.1, -0.05) is 55.4 Å². The molecule has 368 valence electrons. The fraction of sp³-hybridized carbons (Fsp3) is 0.717. The number of cyclic esters (lactones) is 1. The van der Waals surface area contributed by atoms with Crippen LogP contribution < -0.4 is 0 Å². The topological polar surface area (TPSA) is 227 Å². The molecule has 15 atom stereocenters. The summed E-state index contributed by atoms with van der Waals surface area (Å²) in [6.45, 7) is 13.1. The largest absolute Gasteiger partial charge is 0.459 e. The van der Waals surface area contributed by atoms with Crippen LogP contribution >= 0.6 is 0 Å². The number of Topliss-reactive ketones (excluding diaryl/α,β-unsaturated/α-hetero) is 1. The highest BCUT2D eigenvalue weighted by Gasteiger charge is 2.52. The number of hydrogen-bond donors (Lipinski definition) is 3. The van der Waals surface area contributed by atoms with E-state index in [4.69, 9.17) is 28.5 Å². The molecule has 0 radical (unpaired) electrons. The number of aliphatic hydroxyl groups excluding tert-OH is 2. The highest BCUT2D eigenvalue weighted by molar-refractivity contribution is 6.00. The van der Waals surface area contributed by atoms with E-state index >= 15 is 0 Å². The molecule has 66 heavy (non-hydrogen) atoms. The van der Waals surface area contributed by atoms with Crippen LogP contribution in [0.3, 0.4) is 0 Å². The molecule has 0 amide bonds. The quantitative estimate of drug-likeness (QED) is 0.112. The van der Waals surface area contributed by atoms with E-state index in [0.717, 1.165) is 11.3 Å². The highest BCUT2D eigenvalue weighted by Crippen LogP contribution is 2.39. The Kier molecular flexibility index (Phi) is 18.1. The summed E-state index contributed by atoms with van der Waals surface area (Å²) in [5.74, 6) is -4.93. The van der Waals surface area contributed by atoms with E-state index in [9.17, 15) is 29.3 Å². The molecule has 2 aromatic heterocycles. The van der Waals surface area contributed by atoms with Gasteiger partial charge in [0.1, 0.15) is 49.7 Å². The number of methoxy groups -OCH3 is 2. The zero-order valence-electron chi connectivity index (χ0n) is 40.4. The van der Waals surface area contributed by atoms with Gasteiger partial charge in [-0.25, -0.2) is 13.8 Å². The summed E-state index contributed by atoms with van der Waals surface area (Å²) < 4.78 is 48.7. The molecule has 0 unspecified atom stereocenters. The average Bonchev–Trinajstić information content (AvgIpc) is 4.03. The third-order valence-electron chi connectivity index (χ3n) is 13.7. The molecule has 0 bridgehead atoms. The Morgan fingerprint density at radius 3 is 2.33 bits per heavy atom. The molecule has 4 heterocycles. The maximum Gasteiger partial charge on any atom is 0.316 e. The molecular weight excluding hydrogens is 860 g/mol. The predicted molar refractivity (Wildman–Crippen MR) is 239 cm³/mol. The second-order valence-electron chi connectivity index (χ2n) is 18.4. The standard InChI is InChI=1S/C46H71FN8O11/c1-13-36-46(8,60)41(58)28(4)37(50-63-12)26(2)23-45(7,62-11)42(29(5)38(56)30(6)43(59)65-36)66-44-39(57)34(22-27(3)64-44)53(9)20-18-32-25-55(52-49-32)35(24-47)40(61-10)31-14-16-33(17-15-31)54-21-19-48-51-54/h14-17,19,21,25-30,34-36,39-42,44,57-58,60H,13,18,20,22-24H2,1-12H3/b50-37+/t26-,27-,28+,29+,30-,34+,35-,36-,39-,40-,41-,42-,44+,45-,46-/m1/s1. The van der Waals surface area contributed by atoms with Gasteiger partial charge < -0.3 is 48.7 Å². The summed E-state index contributed by atoms with van der Waals surface area (Å²) in [6.07, 6.45) is -0.999. The molecule has 0 spiro atoms. The zero-order valence-corrected chi connectivity index (χ0v) is 40.4. The van der Waals surface area contributed by atoms with Crippen molar-refractivity contribution in [1.29, 1.82) is 0 Å². The number of nitrogens with zero attached hydrogens (tertiary/aromatic N) is 8. The van der Waals surface area contributed by atoms with Gasteiger partial charge in [0.25, 0.3) is 0 Å². The molecule has 0 aliphatic carbocycles. The van der Waals surface area contributed by atoms with Gasteiger partial charge in [0.2, 0.25) is 0 Å². The van der Waals surface area contributed by atoms with Gasteiger partial charge in [0, 0.05) is 57.2 Å². The molecule has 3 N–H and O–H groups in total. The Hall–Kier alpha value is -4.28. The molecule has 5 rings (SSSR count). The van der Waals surface area contributed by atoms with Crippen molar-refractivity contribution in [3.05, 3.63) is 54.1 Å². The maximum absolute atomic E-state index is 14.7. The van der Waals surface area contributed by atoms with E-state index in [1.807, 2.05) is 50.1 Å². The maximum atomic E-state index is 14.7. The second-order valence-corrected chi connectivity index (χ2v) is 18.4. The van der Waals surface area contributed by atoms with Crippen LogP contribution in [-0.2, 0) is 44.5 Å². The van der Waals surface area contributed by atoms with Crippen LogP contribution in [0.1, 0.15) is 98.1 Å². The van der Waals surface area contributed by atoms with Crippen LogP contribution in [0.15, 0.2) is 48.0 Å². The number of esters is 1. The first-order valence-electron chi connectivity index (χ1n) is 22.7. The zero-order chi connectivity index (χ0) is 48.7. The lowest BCUT2D eigenvalue weighted by atomic mass is 9.74. The first kappa shape index (κ1) is 52.7. The molecule has 2 aliphatic heterocycles. The number of carbonyl (C=O) groups is 2. The number of halogens is 1. The first-order chi connectivity index (χ1) is 31.3. The molecule has 0 saturated carbocycles. The minimum absolute atomic E-state index is 0.154. The molecule has 20 heteroatoms. The van der Waals surface area contributed by atoms with Gasteiger partial charge in [-0.3, -0.25) is 9.59 Å². The van der Waals surface area contributed by atoms with Crippen LogP contribution in [0.2, 0.25) is 0 Å². The number of hydrogen-bond acceptors (Lipinski definition) is 17. The summed E-state index contributed by atoms with van der Waals surface area (Å²) in [7, 11) is 6.26. The van der Waals surface area contributed by atoms with Gasteiger partial charge in [0.05, 0.1) is 53.4 Å². The number of carbonyl (C=O) groups excluding carboxylic acids is 2. The highest BCUT2D eigenvalue weighted by atomic mass is 19.1. The lowest BCUT2D eigenvalue weighted by Crippen LogP contribution is -2.60. The third kappa shape index (κ3) is 11.5. The van der Waals surface area contributed by atoms with Gasteiger partial charge in [-0.15, -0.1) is 10.2 Å². The summed E-state index contributed by atoms with van der Waals surface area (Å²) in [5.41, 5.74) is -0.653. The van der Waals surface area contributed by atoms with Crippen LogP contribution in [-0.4, -0.2) is 163 Å². The number of likely N-dealkylation sites (N-methyl/N-ethyl adjacent to an activating group) is 1. The van der Waals surface area contributed by atoms with E-state index in [0.29, 0.717) is 30.8 Å². The van der Waals surface area contributed by atoms with E-state index in [1.165, 1.54) is 39.9 Å². The van der Waals surface area contributed by atoms with E-state index in [2.05, 4.69) is 25.8 Å². The number of alkyl halides is 1. The Morgan fingerprint density at radius 2 is 1.74 bits per heavy atom. The lowest BCUT2D eigenvalue weighted by molar-refractivity contribution is -0.295. The molecule has 2 fully saturated rings. The second kappa shape index (κ2) is 22.7. The molecule has 1 aromatic carbocycles. The van der Waals surface area contributed by atoms with Crippen molar-refractivity contribution in [2.24, 2.45) is 28.8 Å². The van der Waals surface area contributed by atoms with Crippen molar-refractivity contribution < 1.29 is 57.8 Å². The Balaban J connectivity index is 1.35. The fourth-order valence-electron chi connectivity index (χ4n) is 9.66. The Labute approximate surface area is 386 Å². The number of aromatic nitrogens is 6. The van der Waals surface area contributed by atoms with Crippen molar-refractivity contribution in [1.82, 2.24) is 34.9 Å². The number of rotatable bonds is 15. The Bertz CT molecular complexity index is 2040.